The minimum atomic E-state index is -1.83. The van der Waals surface area contributed by atoms with Crippen LogP contribution in [0.3, 0.4) is 0 Å². The van der Waals surface area contributed by atoms with Gasteiger partial charge in [-0.05, 0) is 111 Å². The molecule has 2 saturated carbocycles. The lowest BCUT2D eigenvalue weighted by molar-refractivity contribution is 0.165. The van der Waals surface area contributed by atoms with Crippen LogP contribution >= 0.6 is 0 Å². The standard InChI is InChI=1S/C32H58O2Si2/c1-31(2,3)35(7,8)33-29-21-23-15-11-13-17-25(23)27(29)19-20-28-26-18-14-12-16-24(26)22-30(28)34-36(9,10)32(4,5)6/h21-28H,11-20H2,1-10H3. The van der Waals surface area contributed by atoms with Crippen LogP contribution in [0.1, 0.15) is 106 Å². The lowest BCUT2D eigenvalue weighted by Gasteiger charge is -2.40. The predicted octanol–water partition coefficient (Wildman–Crippen LogP) is 10.5. The minimum Gasteiger partial charge on any atom is -0.547 e. The SMILES string of the molecule is CC(C)(C)[Si](C)(C)OC1=CC2CCCCC2C1CCC1C(O[Si](C)(C)C(C)(C)C)=CC2CCCCC21. The molecule has 0 saturated heterocycles. The Balaban J connectivity index is 1.53. The van der Waals surface area contributed by atoms with Crippen LogP contribution < -0.4 is 0 Å². The summed E-state index contributed by atoms with van der Waals surface area (Å²) in [5.74, 6) is 7.19. The third-order valence-corrected chi connectivity index (χ3v) is 20.1. The summed E-state index contributed by atoms with van der Waals surface area (Å²) in [5.41, 5.74) is 0. The van der Waals surface area contributed by atoms with Crippen LogP contribution in [0, 0.1) is 35.5 Å². The van der Waals surface area contributed by atoms with Crippen molar-refractivity contribution >= 4 is 16.6 Å². The van der Waals surface area contributed by atoms with E-state index in [4.69, 9.17) is 8.85 Å². The quantitative estimate of drug-likeness (QED) is 0.305. The van der Waals surface area contributed by atoms with Crippen molar-refractivity contribution in [1.29, 1.82) is 0 Å². The van der Waals surface area contributed by atoms with Gasteiger partial charge in [-0.3, -0.25) is 0 Å². The van der Waals surface area contributed by atoms with Crippen LogP contribution in [0.15, 0.2) is 23.7 Å². The first-order valence-electron chi connectivity index (χ1n) is 15.4. The molecule has 0 aliphatic heterocycles. The lowest BCUT2D eigenvalue weighted by atomic mass is 9.72. The summed E-state index contributed by atoms with van der Waals surface area (Å²) in [6.07, 6.45) is 19.0. The molecule has 0 amide bonds. The van der Waals surface area contributed by atoms with E-state index in [-0.39, 0.29) is 10.1 Å². The van der Waals surface area contributed by atoms with Crippen molar-refractivity contribution in [2.24, 2.45) is 35.5 Å². The molecule has 0 aromatic heterocycles. The Labute approximate surface area is 226 Å². The van der Waals surface area contributed by atoms with Gasteiger partial charge in [0.05, 0.1) is 11.5 Å². The van der Waals surface area contributed by atoms with E-state index >= 15 is 0 Å². The number of rotatable bonds is 7. The molecule has 0 heterocycles. The second-order valence-corrected chi connectivity index (χ2v) is 25.3. The fourth-order valence-corrected chi connectivity index (χ4v) is 9.30. The zero-order valence-corrected chi connectivity index (χ0v) is 27.5. The molecular formula is C32H58O2Si2. The van der Waals surface area contributed by atoms with E-state index < -0.39 is 16.6 Å². The first-order valence-corrected chi connectivity index (χ1v) is 21.2. The van der Waals surface area contributed by atoms with Gasteiger partial charge in [0.15, 0.2) is 0 Å². The average molecular weight is 531 g/mol. The molecule has 0 aromatic carbocycles. The molecule has 36 heavy (non-hydrogen) atoms. The fourth-order valence-electron chi connectivity index (χ4n) is 7.07. The summed E-state index contributed by atoms with van der Waals surface area (Å²) in [5, 5.41) is 0.500. The summed E-state index contributed by atoms with van der Waals surface area (Å²) in [6.45, 7) is 24.0. The maximum absolute atomic E-state index is 7.10. The van der Waals surface area contributed by atoms with Crippen molar-refractivity contribution in [1.82, 2.24) is 0 Å². The second-order valence-electron chi connectivity index (χ2n) is 15.9. The Kier molecular flexibility index (Phi) is 8.12. The third kappa shape index (κ3) is 5.75. The predicted molar refractivity (Wildman–Crippen MR) is 160 cm³/mol. The molecule has 4 aliphatic rings. The third-order valence-electron chi connectivity index (χ3n) is 11.4. The average Bonchev–Trinajstić information content (AvgIpc) is 3.27. The van der Waals surface area contributed by atoms with Gasteiger partial charge in [0.1, 0.15) is 0 Å². The summed E-state index contributed by atoms with van der Waals surface area (Å²) < 4.78 is 14.2. The van der Waals surface area contributed by atoms with Crippen molar-refractivity contribution < 1.29 is 8.85 Å². The molecule has 206 valence electrons. The van der Waals surface area contributed by atoms with E-state index in [1.807, 2.05) is 0 Å². The Hall–Kier alpha value is -0.486. The Bertz CT molecular complexity index is 771. The van der Waals surface area contributed by atoms with Crippen LogP contribution in [-0.2, 0) is 8.85 Å². The van der Waals surface area contributed by atoms with E-state index in [0.717, 1.165) is 23.7 Å². The van der Waals surface area contributed by atoms with E-state index in [2.05, 4.69) is 79.9 Å². The zero-order chi connectivity index (χ0) is 26.5. The van der Waals surface area contributed by atoms with Crippen molar-refractivity contribution in [3.8, 4) is 0 Å². The maximum Gasteiger partial charge on any atom is 0.250 e. The van der Waals surface area contributed by atoms with Gasteiger partial charge in [0.2, 0.25) is 16.6 Å². The molecule has 4 aliphatic carbocycles. The number of fused-ring (bicyclic) bond motifs is 2. The molecule has 6 unspecified atom stereocenters. The summed E-state index contributed by atoms with van der Waals surface area (Å²) in [6, 6.07) is 0. The highest BCUT2D eigenvalue weighted by Gasteiger charge is 2.48. The lowest BCUT2D eigenvalue weighted by Crippen LogP contribution is -2.41. The maximum atomic E-state index is 7.10. The number of hydrogen-bond acceptors (Lipinski definition) is 2. The van der Waals surface area contributed by atoms with Gasteiger partial charge in [0, 0.05) is 11.8 Å². The van der Waals surface area contributed by atoms with Crippen LogP contribution in [0.4, 0.5) is 0 Å². The monoisotopic (exact) mass is 530 g/mol. The zero-order valence-electron chi connectivity index (χ0n) is 25.5. The smallest absolute Gasteiger partial charge is 0.250 e. The minimum absolute atomic E-state index is 0.250. The van der Waals surface area contributed by atoms with Crippen LogP contribution in [-0.4, -0.2) is 16.6 Å². The normalized spacial score (nSPS) is 33.5. The van der Waals surface area contributed by atoms with Gasteiger partial charge >= 0.3 is 0 Å². The molecule has 4 heteroatoms. The van der Waals surface area contributed by atoms with Crippen molar-refractivity contribution in [3.63, 3.8) is 0 Å². The molecule has 0 spiro atoms. The summed E-state index contributed by atoms with van der Waals surface area (Å²) >= 11 is 0. The largest absolute Gasteiger partial charge is 0.547 e. The molecule has 4 rings (SSSR count). The van der Waals surface area contributed by atoms with Gasteiger partial charge in [-0.2, -0.15) is 0 Å². The topological polar surface area (TPSA) is 18.5 Å². The van der Waals surface area contributed by atoms with Gasteiger partial charge in [-0.15, -0.1) is 0 Å². The second kappa shape index (κ2) is 10.2. The highest BCUT2D eigenvalue weighted by Crippen LogP contribution is 2.53. The molecule has 0 bridgehead atoms. The van der Waals surface area contributed by atoms with Crippen molar-refractivity contribution in [3.05, 3.63) is 23.7 Å². The first kappa shape index (κ1) is 28.5. The Morgan fingerprint density at radius 1 is 0.611 bits per heavy atom. The molecule has 0 radical (unpaired) electrons. The Morgan fingerprint density at radius 2 is 0.944 bits per heavy atom. The first-order chi connectivity index (χ1) is 16.6. The van der Waals surface area contributed by atoms with Gasteiger partial charge in [-0.1, -0.05) is 67.2 Å². The highest BCUT2D eigenvalue weighted by atomic mass is 28.4. The van der Waals surface area contributed by atoms with E-state index in [1.165, 1.54) is 75.7 Å². The number of allylic oxidation sites excluding steroid dienone is 4. The summed E-state index contributed by atoms with van der Waals surface area (Å²) in [7, 11) is -3.66. The van der Waals surface area contributed by atoms with Crippen LogP contribution in [0.2, 0.25) is 36.3 Å². The van der Waals surface area contributed by atoms with Gasteiger partial charge in [-0.25, -0.2) is 0 Å². The molecule has 6 atom stereocenters. The van der Waals surface area contributed by atoms with Crippen molar-refractivity contribution in [2.45, 2.75) is 142 Å². The highest BCUT2D eigenvalue weighted by molar-refractivity contribution is 6.74. The molecular weight excluding hydrogens is 473 g/mol. The summed E-state index contributed by atoms with van der Waals surface area (Å²) in [4.78, 5) is 0. The number of hydrogen-bond donors (Lipinski definition) is 0. The molecule has 2 fully saturated rings. The molecule has 0 aromatic rings. The van der Waals surface area contributed by atoms with Gasteiger partial charge < -0.3 is 8.85 Å². The van der Waals surface area contributed by atoms with E-state index in [1.54, 1.807) is 0 Å². The Morgan fingerprint density at radius 3 is 1.28 bits per heavy atom. The van der Waals surface area contributed by atoms with E-state index in [0.29, 0.717) is 11.8 Å². The van der Waals surface area contributed by atoms with Crippen LogP contribution in [0.5, 0.6) is 0 Å². The fraction of sp³-hybridized carbons (Fsp3) is 0.875. The van der Waals surface area contributed by atoms with E-state index in [9.17, 15) is 0 Å². The van der Waals surface area contributed by atoms with Crippen molar-refractivity contribution in [2.75, 3.05) is 0 Å². The van der Waals surface area contributed by atoms with Crippen LogP contribution in [0.25, 0.3) is 0 Å². The van der Waals surface area contributed by atoms with Gasteiger partial charge in [0.25, 0.3) is 0 Å². The molecule has 2 nitrogen and oxygen atoms in total. The molecule has 0 N–H and O–H groups in total.